The van der Waals surface area contributed by atoms with Crippen molar-refractivity contribution in [2.45, 2.75) is 33.4 Å². The van der Waals surface area contributed by atoms with Crippen molar-refractivity contribution in [3.8, 4) is 5.75 Å². The number of hydrogen-bond donors (Lipinski definition) is 3. The highest BCUT2D eigenvalue weighted by Crippen LogP contribution is 2.32. The SMILES string of the molecule is Cc1n[nH]c(C)c1CNc1ccc2c(c1)NC(=O)C(C)O2. The number of anilines is 2. The molecule has 1 unspecified atom stereocenters. The van der Waals surface area contributed by atoms with Crippen LogP contribution in [-0.2, 0) is 11.3 Å². The standard InChI is InChI=1S/C15H18N4O2/c1-8-12(9(2)19-18-8)7-16-11-4-5-14-13(6-11)17-15(20)10(3)21-14/h4-6,10,16H,7H2,1-3H3,(H,17,20)(H,18,19). The van der Waals surface area contributed by atoms with E-state index in [1.54, 1.807) is 6.92 Å². The number of carbonyl (C=O) groups is 1. The average Bonchev–Trinajstić information content (AvgIpc) is 2.77. The van der Waals surface area contributed by atoms with Crippen LogP contribution in [-0.4, -0.2) is 22.2 Å². The molecule has 3 rings (SSSR count). The lowest BCUT2D eigenvalue weighted by Crippen LogP contribution is -2.34. The van der Waals surface area contributed by atoms with Gasteiger partial charge in [0.1, 0.15) is 5.75 Å². The van der Waals surface area contributed by atoms with E-state index in [4.69, 9.17) is 4.74 Å². The summed E-state index contributed by atoms with van der Waals surface area (Å²) in [4.78, 5) is 11.6. The number of rotatable bonds is 3. The van der Waals surface area contributed by atoms with Crippen LogP contribution < -0.4 is 15.4 Å². The lowest BCUT2D eigenvalue weighted by molar-refractivity contribution is -0.122. The van der Waals surface area contributed by atoms with E-state index >= 15 is 0 Å². The van der Waals surface area contributed by atoms with Gasteiger partial charge in [0.15, 0.2) is 6.10 Å². The minimum atomic E-state index is -0.451. The zero-order valence-corrected chi connectivity index (χ0v) is 12.3. The molecule has 6 nitrogen and oxygen atoms in total. The number of benzene rings is 1. The molecule has 1 amide bonds. The first-order chi connectivity index (χ1) is 10.0. The van der Waals surface area contributed by atoms with E-state index in [2.05, 4.69) is 20.8 Å². The molecule has 110 valence electrons. The number of carbonyl (C=O) groups excluding carboxylic acids is 1. The van der Waals surface area contributed by atoms with E-state index in [0.717, 1.165) is 22.6 Å². The Balaban J connectivity index is 1.76. The molecule has 0 saturated carbocycles. The summed E-state index contributed by atoms with van der Waals surface area (Å²) >= 11 is 0. The topological polar surface area (TPSA) is 79.0 Å². The highest BCUT2D eigenvalue weighted by Gasteiger charge is 2.23. The summed E-state index contributed by atoms with van der Waals surface area (Å²) in [5.74, 6) is 0.574. The van der Waals surface area contributed by atoms with Crippen molar-refractivity contribution in [3.63, 3.8) is 0 Å². The minimum absolute atomic E-state index is 0.124. The zero-order valence-electron chi connectivity index (χ0n) is 12.3. The quantitative estimate of drug-likeness (QED) is 0.809. The second kappa shape index (κ2) is 5.12. The molecule has 1 atom stereocenters. The van der Waals surface area contributed by atoms with E-state index < -0.39 is 6.10 Å². The molecule has 0 bridgehead atoms. The molecule has 1 aliphatic heterocycles. The molecule has 0 fully saturated rings. The molecule has 3 N–H and O–H groups in total. The second-order valence-electron chi connectivity index (χ2n) is 5.23. The average molecular weight is 286 g/mol. The Kier molecular flexibility index (Phi) is 3.29. The molecule has 0 saturated heterocycles. The summed E-state index contributed by atoms with van der Waals surface area (Å²) in [6.45, 7) is 6.38. The van der Waals surface area contributed by atoms with Crippen molar-refractivity contribution in [2.75, 3.05) is 10.6 Å². The fourth-order valence-electron chi connectivity index (χ4n) is 2.34. The van der Waals surface area contributed by atoms with Gasteiger partial charge < -0.3 is 15.4 Å². The third-order valence-electron chi connectivity index (χ3n) is 3.66. The van der Waals surface area contributed by atoms with Crippen LogP contribution in [0.3, 0.4) is 0 Å². The number of H-pyrrole nitrogens is 1. The van der Waals surface area contributed by atoms with Crippen molar-refractivity contribution < 1.29 is 9.53 Å². The maximum atomic E-state index is 11.6. The number of nitrogens with zero attached hydrogens (tertiary/aromatic N) is 1. The normalized spacial score (nSPS) is 16.9. The maximum absolute atomic E-state index is 11.6. The van der Waals surface area contributed by atoms with Crippen molar-refractivity contribution >= 4 is 17.3 Å². The van der Waals surface area contributed by atoms with Crippen molar-refractivity contribution in [1.82, 2.24) is 10.2 Å². The molecule has 1 aromatic carbocycles. The first-order valence-corrected chi connectivity index (χ1v) is 6.90. The number of fused-ring (bicyclic) bond motifs is 1. The van der Waals surface area contributed by atoms with Gasteiger partial charge in [0.05, 0.1) is 11.4 Å². The number of aromatic nitrogens is 2. The largest absolute Gasteiger partial charge is 0.479 e. The van der Waals surface area contributed by atoms with Gasteiger partial charge >= 0.3 is 0 Å². The summed E-state index contributed by atoms with van der Waals surface area (Å²) in [5.41, 5.74) is 4.82. The Bertz CT molecular complexity index is 673. The Labute approximate surface area is 122 Å². The van der Waals surface area contributed by atoms with E-state index in [1.165, 1.54) is 0 Å². The highest BCUT2D eigenvalue weighted by molar-refractivity contribution is 5.98. The van der Waals surface area contributed by atoms with Crippen LogP contribution in [0.1, 0.15) is 23.9 Å². The molecule has 0 radical (unpaired) electrons. The first-order valence-electron chi connectivity index (χ1n) is 6.90. The van der Waals surface area contributed by atoms with Gasteiger partial charge in [0.25, 0.3) is 5.91 Å². The number of aromatic amines is 1. The van der Waals surface area contributed by atoms with E-state index in [0.29, 0.717) is 18.0 Å². The lowest BCUT2D eigenvalue weighted by Gasteiger charge is -2.23. The zero-order chi connectivity index (χ0) is 15.0. The predicted octanol–water partition coefficient (Wildman–Crippen LogP) is 2.36. The third-order valence-corrected chi connectivity index (χ3v) is 3.66. The molecule has 0 aliphatic carbocycles. The summed E-state index contributed by atoms with van der Waals surface area (Å²) in [5, 5.41) is 13.3. The summed E-state index contributed by atoms with van der Waals surface area (Å²) in [6.07, 6.45) is -0.451. The number of nitrogens with one attached hydrogen (secondary N) is 3. The van der Waals surface area contributed by atoms with Gasteiger partial charge in [0, 0.05) is 23.5 Å². The second-order valence-corrected chi connectivity index (χ2v) is 5.23. The molecule has 1 aliphatic rings. The molecule has 1 aromatic heterocycles. The van der Waals surface area contributed by atoms with Gasteiger partial charge in [-0.2, -0.15) is 5.10 Å². The number of amides is 1. The monoisotopic (exact) mass is 286 g/mol. The van der Waals surface area contributed by atoms with Crippen molar-refractivity contribution in [3.05, 3.63) is 35.2 Å². The van der Waals surface area contributed by atoms with Gasteiger partial charge in [-0.1, -0.05) is 0 Å². The number of ether oxygens (including phenoxy) is 1. The van der Waals surface area contributed by atoms with Gasteiger partial charge in [-0.3, -0.25) is 9.89 Å². The first kappa shape index (κ1) is 13.5. The molecular weight excluding hydrogens is 268 g/mol. The molecule has 2 aromatic rings. The number of hydrogen-bond acceptors (Lipinski definition) is 4. The van der Waals surface area contributed by atoms with Gasteiger partial charge in [-0.15, -0.1) is 0 Å². The lowest BCUT2D eigenvalue weighted by atomic mass is 10.1. The van der Waals surface area contributed by atoms with Crippen LogP contribution in [0.2, 0.25) is 0 Å². The Morgan fingerprint density at radius 2 is 2.19 bits per heavy atom. The van der Waals surface area contributed by atoms with Gasteiger partial charge in [-0.05, 0) is 39.0 Å². The highest BCUT2D eigenvalue weighted by atomic mass is 16.5. The van der Waals surface area contributed by atoms with Crippen LogP contribution in [0.15, 0.2) is 18.2 Å². The number of aryl methyl sites for hydroxylation is 2. The Morgan fingerprint density at radius 1 is 1.38 bits per heavy atom. The van der Waals surface area contributed by atoms with Crippen LogP contribution >= 0.6 is 0 Å². The summed E-state index contributed by atoms with van der Waals surface area (Å²) in [7, 11) is 0. The van der Waals surface area contributed by atoms with Gasteiger partial charge in [-0.25, -0.2) is 0 Å². The predicted molar refractivity (Wildman–Crippen MR) is 80.6 cm³/mol. The third kappa shape index (κ3) is 2.56. The Hall–Kier alpha value is -2.50. The summed E-state index contributed by atoms with van der Waals surface area (Å²) in [6, 6.07) is 5.68. The summed E-state index contributed by atoms with van der Waals surface area (Å²) < 4.78 is 5.53. The molecule has 21 heavy (non-hydrogen) atoms. The Morgan fingerprint density at radius 3 is 2.90 bits per heavy atom. The maximum Gasteiger partial charge on any atom is 0.265 e. The smallest absolute Gasteiger partial charge is 0.265 e. The van der Waals surface area contributed by atoms with Crippen molar-refractivity contribution in [2.24, 2.45) is 0 Å². The van der Waals surface area contributed by atoms with Crippen molar-refractivity contribution in [1.29, 1.82) is 0 Å². The minimum Gasteiger partial charge on any atom is -0.479 e. The molecular formula is C15H18N4O2. The molecule has 6 heteroatoms. The van der Waals surface area contributed by atoms with Gasteiger partial charge in [0.2, 0.25) is 0 Å². The molecule has 0 spiro atoms. The fraction of sp³-hybridized carbons (Fsp3) is 0.333. The van der Waals surface area contributed by atoms with Crippen LogP contribution in [0.5, 0.6) is 5.75 Å². The van der Waals surface area contributed by atoms with Crippen LogP contribution in [0.4, 0.5) is 11.4 Å². The van der Waals surface area contributed by atoms with E-state index in [9.17, 15) is 4.79 Å². The van der Waals surface area contributed by atoms with E-state index in [-0.39, 0.29) is 5.91 Å². The van der Waals surface area contributed by atoms with E-state index in [1.807, 2.05) is 32.0 Å². The fourth-order valence-corrected chi connectivity index (χ4v) is 2.34. The van der Waals surface area contributed by atoms with Crippen LogP contribution in [0, 0.1) is 13.8 Å². The molecule has 2 heterocycles. The van der Waals surface area contributed by atoms with Crippen LogP contribution in [0.25, 0.3) is 0 Å².